The van der Waals surface area contributed by atoms with Gasteiger partial charge in [-0.25, -0.2) is 9.59 Å². The van der Waals surface area contributed by atoms with Gasteiger partial charge >= 0.3 is 11.6 Å². The Morgan fingerprint density at radius 3 is 2.58 bits per heavy atom. The van der Waals surface area contributed by atoms with Gasteiger partial charge in [-0.15, -0.1) is 0 Å². The second-order valence-corrected chi connectivity index (χ2v) is 7.49. The van der Waals surface area contributed by atoms with Crippen LogP contribution in [0, 0.1) is 0 Å². The smallest absolute Gasteiger partial charge is 0.341 e. The van der Waals surface area contributed by atoms with Crippen molar-refractivity contribution in [3.05, 3.63) is 40.2 Å². The Bertz CT molecular complexity index is 960. The molecule has 7 nitrogen and oxygen atoms in total. The van der Waals surface area contributed by atoms with Crippen molar-refractivity contribution in [1.82, 2.24) is 0 Å². The number of epoxide rings is 1. The van der Waals surface area contributed by atoms with Gasteiger partial charge in [0.15, 0.2) is 11.7 Å². The van der Waals surface area contributed by atoms with Gasteiger partial charge in [0.25, 0.3) is 0 Å². The molecule has 0 aliphatic carbocycles. The lowest BCUT2D eigenvalue weighted by Crippen LogP contribution is -2.47. The SMILES string of the molecule is C[C@H]1O[C@@]1(C)C(=O)OC(C)(C)[C@H]1Oc2ccc3ccc(=O)oc3c2[C@@H]1O. The molecule has 0 unspecified atom stereocenters. The highest BCUT2D eigenvalue weighted by Crippen LogP contribution is 2.46. The summed E-state index contributed by atoms with van der Waals surface area (Å²) in [4.78, 5) is 24.0. The molecule has 2 aromatic rings. The van der Waals surface area contributed by atoms with E-state index < -0.39 is 35.0 Å². The first-order valence-corrected chi connectivity index (χ1v) is 8.46. The molecule has 0 bridgehead atoms. The Morgan fingerprint density at radius 1 is 1.27 bits per heavy atom. The normalized spacial score (nSPS) is 30.0. The molecule has 1 fully saturated rings. The van der Waals surface area contributed by atoms with Gasteiger partial charge in [-0.2, -0.15) is 0 Å². The van der Waals surface area contributed by atoms with Crippen molar-refractivity contribution in [3.63, 3.8) is 0 Å². The van der Waals surface area contributed by atoms with Crippen LogP contribution in [-0.2, 0) is 14.3 Å². The first-order chi connectivity index (χ1) is 12.1. The molecule has 1 aromatic heterocycles. The zero-order valence-corrected chi connectivity index (χ0v) is 14.9. The van der Waals surface area contributed by atoms with E-state index in [9.17, 15) is 14.7 Å². The van der Waals surface area contributed by atoms with Crippen molar-refractivity contribution in [2.75, 3.05) is 0 Å². The highest BCUT2D eigenvalue weighted by Gasteiger charge is 2.59. The fourth-order valence-corrected chi connectivity index (χ4v) is 3.34. The largest absolute Gasteiger partial charge is 0.483 e. The van der Waals surface area contributed by atoms with Crippen LogP contribution in [0.3, 0.4) is 0 Å². The van der Waals surface area contributed by atoms with Crippen LogP contribution < -0.4 is 10.4 Å². The molecule has 138 valence electrons. The second kappa shape index (κ2) is 5.31. The van der Waals surface area contributed by atoms with E-state index in [0.29, 0.717) is 16.7 Å². The first kappa shape index (κ1) is 17.1. The summed E-state index contributed by atoms with van der Waals surface area (Å²) in [6.45, 7) is 6.79. The molecule has 7 heteroatoms. The summed E-state index contributed by atoms with van der Waals surface area (Å²) in [5, 5.41) is 11.5. The summed E-state index contributed by atoms with van der Waals surface area (Å²) in [5.41, 5.74) is -1.95. The van der Waals surface area contributed by atoms with Crippen molar-refractivity contribution < 1.29 is 28.5 Å². The molecular weight excluding hydrogens is 340 g/mol. The van der Waals surface area contributed by atoms with Gasteiger partial charge in [-0.3, -0.25) is 0 Å². The van der Waals surface area contributed by atoms with Gasteiger partial charge in [0.2, 0.25) is 0 Å². The van der Waals surface area contributed by atoms with Crippen LogP contribution in [0.4, 0.5) is 0 Å². The average molecular weight is 360 g/mol. The van der Waals surface area contributed by atoms with Gasteiger partial charge in [0, 0.05) is 11.5 Å². The van der Waals surface area contributed by atoms with Crippen molar-refractivity contribution in [1.29, 1.82) is 0 Å². The van der Waals surface area contributed by atoms with Gasteiger partial charge in [-0.05, 0) is 45.9 Å². The number of aliphatic hydroxyl groups excluding tert-OH is 1. The lowest BCUT2D eigenvalue weighted by atomic mass is 9.93. The summed E-state index contributed by atoms with van der Waals surface area (Å²) in [7, 11) is 0. The number of fused-ring (bicyclic) bond motifs is 3. The monoisotopic (exact) mass is 360 g/mol. The third-order valence-corrected chi connectivity index (χ3v) is 5.21. The topological polar surface area (TPSA) is 98.5 Å². The number of carbonyl (C=O) groups is 1. The molecule has 1 aromatic carbocycles. The van der Waals surface area contributed by atoms with E-state index in [-0.39, 0.29) is 11.7 Å². The predicted octanol–water partition coefficient (Wildman–Crippen LogP) is 2.09. The van der Waals surface area contributed by atoms with Gasteiger partial charge in [-0.1, -0.05) is 0 Å². The van der Waals surface area contributed by atoms with Crippen molar-refractivity contribution >= 4 is 16.9 Å². The summed E-state index contributed by atoms with van der Waals surface area (Å²) in [5.74, 6) is -0.103. The number of hydrogen-bond donors (Lipinski definition) is 1. The fourth-order valence-electron chi connectivity index (χ4n) is 3.34. The molecular formula is C19H20O7. The molecule has 0 saturated carbocycles. The maximum atomic E-state index is 12.4. The minimum absolute atomic E-state index is 0.212. The summed E-state index contributed by atoms with van der Waals surface area (Å²) >= 11 is 0. The molecule has 0 amide bonds. The van der Waals surface area contributed by atoms with E-state index in [0.717, 1.165) is 0 Å². The standard InChI is InChI=1S/C19H20O7/c1-9-19(4,25-9)17(22)26-18(2,3)16-14(21)13-11(23-16)7-5-10-6-8-12(20)24-15(10)13/h5-9,14,16,21H,1-4H3/t9-,14+,16+,19-/m1/s1. The van der Waals surface area contributed by atoms with Crippen LogP contribution in [0.2, 0.25) is 0 Å². The molecule has 0 radical (unpaired) electrons. The van der Waals surface area contributed by atoms with Crippen LogP contribution in [0.5, 0.6) is 5.75 Å². The molecule has 4 rings (SSSR count). The van der Waals surface area contributed by atoms with Crippen molar-refractivity contribution in [2.24, 2.45) is 0 Å². The Kier molecular flexibility index (Phi) is 3.48. The van der Waals surface area contributed by atoms with E-state index in [1.165, 1.54) is 6.07 Å². The van der Waals surface area contributed by atoms with Crippen molar-refractivity contribution in [3.8, 4) is 5.75 Å². The third kappa shape index (κ3) is 2.42. The van der Waals surface area contributed by atoms with Crippen LogP contribution in [0.1, 0.15) is 39.4 Å². The van der Waals surface area contributed by atoms with E-state index in [2.05, 4.69) is 0 Å². The maximum absolute atomic E-state index is 12.4. The number of ether oxygens (including phenoxy) is 3. The van der Waals surface area contributed by atoms with Crippen LogP contribution in [-0.4, -0.2) is 34.5 Å². The number of carbonyl (C=O) groups excluding carboxylic acids is 1. The molecule has 1 N–H and O–H groups in total. The average Bonchev–Trinajstić information content (AvgIpc) is 3.03. The lowest BCUT2D eigenvalue weighted by molar-refractivity contribution is -0.176. The van der Waals surface area contributed by atoms with E-state index in [4.69, 9.17) is 18.6 Å². The van der Waals surface area contributed by atoms with E-state index in [1.54, 1.807) is 45.9 Å². The number of esters is 1. The van der Waals surface area contributed by atoms with Crippen LogP contribution >= 0.6 is 0 Å². The predicted molar refractivity (Wildman–Crippen MR) is 91.0 cm³/mol. The number of hydrogen-bond acceptors (Lipinski definition) is 7. The summed E-state index contributed by atoms with van der Waals surface area (Å²) in [6.07, 6.45) is -2.18. The van der Waals surface area contributed by atoms with E-state index >= 15 is 0 Å². The second-order valence-electron chi connectivity index (χ2n) is 7.49. The van der Waals surface area contributed by atoms with Crippen LogP contribution in [0.25, 0.3) is 11.0 Å². The lowest BCUT2D eigenvalue weighted by Gasteiger charge is -2.33. The van der Waals surface area contributed by atoms with E-state index in [1.807, 2.05) is 0 Å². The third-order valence-electron chi connectivity index (χ3n) is 5.21. The first-order valence-electron chi connectivity index (χ1n) is 8.46. The molecule has 4 atom stereocenters. The van der Waals surface area contributed by atoms with Gasteiger partial charge < -0.3 is 23.7 Å². The Hall–Kier alpha value is -2.38. The number of rotatable bonds is 3. The number of aliphatic hydroxyl groups is 1. The summed E-state index contributed by atoms with van der Waals surface area (Å²) in [6, 6.07) is 6.38. The quantitative estimate of drug-likeness (QED) is 0.508. The van der Waals surface area contributed by atoms with Gasteiger partial charge in [0.05, 0.1) is 11.7 Å². The molecule has 2 aliphatic heterocycles. The maximum Gasteiger partial charge on any atom is 0.341 e. The Morgan fingerprint density at radius 2 is 1.92 bits per heavy atom. The molecule has 3 heterocycles. The molecule has 0 spiro atoms. The zero-order valence-electron chi connectivity index (χ0n) is 14.9. The minimum atomic E-state index is -1.13. The minimum Gasteiger partial charge on any atom is -0.483 e. The molecule has 1 saturated heterocycles. The zero-order chi connectivity index (χ0) is 18.9. The Labute approximate surface area is 149 Å². The van der Waals surface area contributed by atoms with Crippen LogP contribution in [0.15, 0.2) is 33.5 Å². The summed E-state index contributed by atoms with van der Waals surface area (Å²) < 4.78 is 22.1. The van der Waals surface area contributed by atoms with Crippen molar-refractivity contribution in [2.45, 2.75) is 57.2 Å². The molecule has 2 aliphatic rings. The van der Waals surface area contributed by atoms with Gasteiger partial charge in [0.1, 0.15) is 23.0 Å². The Balaban J connectivity index is 1.66. The highest BCUT2D eigenvalue weighted by atomic mass is 16.7. The fraction of sp³-hybridized carbons (Fsp3) is 0.474. The number of benzene rings is 1. The molecule has 26 heavy (non-hydrogen) atoms. The highest BCUT2D eigenvalue weighted by molar-refractivity contribution is 5.84.